The van der Waals surface area contributed by atoms with Gasteiger partial charge >= 0.3 is 0 Å². The van der Waals surface area contributed by atoms with Crippen LogP contribution < -0.4 is 5.32 Å². The van der Waals surface area contributed by atoms with Gasteiger partial charge in [0.1, 0.15) is 0 Å². The molecular formula is C16H31N3O2. The molecule has 1 unspecified atom stereocenters. The highest BCUT2D eigenvalue weighted by molar-refractivity contribution is 5.82. The Kier molecular flexibility index (Phi) is 5.42. The van der Waals surface area contributed by atoms with Gasteiger partial charge in [0.15, 0.2) is 0 Å². The van der Waals surface area contributed by atoms with Crippen molar-refractivity contribution in [2.45, 2.75) is 60.0 Å². The number of rotatable bonds is 2. The Hall–Kier alpha value is -1.10. The zero-order valence-corrected chi connectivity index (χ0v) is 14.6. The first-order valence-electron chi connectivity index (χ1n) is 7.77. The van der Waals surface area contributed by atoms with Crippen molar-refractivity contribution in [3.63, 3.8) is 0 Å². The molecule has 0 bridgehead atoms. The van der Waals surface area contributed by atoms with E-state index < -0.39 is 0 Å². The average Bonchev–Trinajstić information content (AvgIpc) is 2.34. The quantitative estimate of drug-likeness (QED) is 0.840. The zero-order chi connectivity index (χ0) is 16.4. The van der Waals surface area contributed by atoms with E-state index in [2.05, 4.69) is 10.2 Å². The number of nitrogens with zero attached hydrogens (tertiary/aromatic N) is 2. The van der Waals surface area contributed by atoms with Crippen LogP contribution in [0.15, 0.2) is 0 Å². The monoisotopic (exact) mass is 297 g/mol. The Labute approximate surface area is 129 Å². The summed E-state index contributed by atoms with van der Waals surface area (Å²) in [4.78, 5) is 28.5. The molecule has 1 aliphatic heterocycles. The highest BCUT2D eigenvalue weighted by Gasteiger charge is 2.32. The SMILES string of the molecule is CC(C(=O)NC(C)(C)C)N1CCN(C(=O)C(C)(C)C)CC1. The van der Waals surface area contributed by atoms with Crippen molar-refractivity contribution >= 4 is 11.8 Å². The summed E-state index contributed by atoms with van der Waals surface area (Å²) >= 11 is 0. The van der Waals surface area contributed by atoms with E-state index in [-0.39, 0.29) is 28.8 Å². The topological polar surface area (TPSA) is 52.7 Å². The van der Waals surface area contributed by atoms with E-state index in [1.54, 1.807) is 0 Å². The number of carbonyl (C=O) groups is 2. The lowest BCUT2D eigenvalue weighted by atomic mass is 9.94. The van der Waals surface area contributed by atoms with Gasteiger partial charge in [-0.15, -0.1) is 0 Å². The molecule has 0 spiro atoms. The molecule has 1 atom stereocenters. The second-order valence-electron chi connectivity index (χ2n) is 7.99. The van der Waals surface area contributed by atoms with E-state index in [0.717, 1.165) is 13.1 Å². The summed E-state index contributed by atoms with van der Waals surface area (Å²) in [6.45, 7) is 16.6. The van der Waals surface area contributed by atoms with Crippen LogP contribution in [0.25, 0.3) is 0 Å². The van der Waals surface area contributed by atoms with Gasteiger partial charge < -0.3 is 10.2 Å². The number of nitrogens with one attached hydrogen (secondary N) is 1. The summed E-state index contributed by atoms with van der Waals surface area (Å²) in [7, 11) is 0. The molecule has 0 saturated carbocycles. The van der Waals surface area contributed by atoms with Gasteiger partial charge in [0.05, 0.1) is 6.04 Å². The van der Waals surface area contributed by atoms with Crippen LogP contribution in [0.1, 0.15) is 48.5 Å². The van der Waals surface area contributed by atoms with Crippen LogP contribution in [-0.4, -0.2) is 59.4 Å². The molecule has 1 N–H and O–H groups in total. The van der Waals surface area contributed by atoms with E-state index in [4.69, 9.17) is 0 Å². The minimum absolute atomic E-state index is 0.0538. The van der Waals surface area contributed by atoms with Gasteiger partial charge in [0.2, 0.25) is 11.8 Å². The Morgan fingerprint density at radius 3 is 1.81 bits per heavy atom. The molecule has 1 fully saturated rings. The van der Waals surface area contributed by atoms with Gasteiger partial charge in [-0.1, -0.05) is 20.8 Å². The predicted octanol–water partition coefficient (Wildman–Crippen LogP) is 1.48. The third-order valence-electron chi connectivity index (χ3n) is 3.67. The first-order chi connectivity index (χ1) is 9.42. The minimum Gasteiger partial charge on any atom is -0.350 e. The van der Waals surface area contributed by atoms with Crippen molar-refractivity contribution in [3.8, 4) is 0 Å². The third-order valence-corrected chi connectivity index (χ3v) is 3.67. The maximum atomic E-state index is 12.2. The van der Waals surface area contributed by atoms with Crippen molar-refractivity contribution < 1.29 is 9.59 Å². The van der Waals surface area contributed by atoms with Crippen molar-refractivity contribution in [1.29, 1.82) is 0 Å². The predicted molar refractivity (Wildman–Crippen MR) is 85.0 cm³/mol. The lowest BCUT2D eigenvalue weighted by Crippen LogP contribution is -2.57. The van der Waals surface area contributed by atoms with E-state index >= 15 is 0 Å². The van der Waals surface area contributed by atoms with Crippen molar-refractivity contribution in [2.24, 2.45) is 5.41 Å². The minimum atomic E-state index is -0.336. The number of carbonyl (C=O) groups excluding carboxylic acids is 2. The fourth-order valence-corrected chi connectivity index (χ4v) is 2.43. The fraction of sp³-hybridized carbons (Fsp3) is 0.875. The normalized spacial score (nSPS) is 19.3. The first-order valence-corrected chi connectivity index (χ1v) is 7.77. The van der Waals surface area contributed by atoms with Crippen LogP contribution in [0.2, 0.25) is 0 Å². The summed E-state index contributed by atoms with van der Waals surface area (Å²) in [5.74, 6) is 0.243. The molecular weight excluding hydrogens is 266 g/mol. The maximum Gasteiger partial charge on any atom is 0.237 e. The average molecular weight is 297 g/mol. The van der Waals surface area contributed by atoms with Gasteiger partial charge in [-0.3, -0.25) is 14.5 Å². The van der Waals surface area contributed by atoms with Crippen LogP contribution in [0.4, 0.5) is 0 Å². The summed E-state index contributed by atoms with van der Waals surface area (Å²) in [6, 6.07) is -0.156. The van der Waals surface area contributed by atoms with Gasteiger partial charge in [0.25, 0.3) is 0 Å². The zero-order valence-electron chi connectivity index (χ0n) is 14.6. The molecule has 1 heterocycles. The highest BCUT2D eigenvalue weighted by atomic mass is 16.2. The van der Waals surface area contributed by atoms with E-state index in [1.165, 1.54) is 0 Å². The summed E-state index contributed by atoms with van der Waals surface area (Å²) in [5.41, 5.74) is -0.549. The first kappa shape index (κ1) is 18.0. The number of hydrogen-bond donors (Lipinski definition) is 1. The third kappa shape index (κ3) is 5.30. The molecule has 0 aromatic rings. The number of hydrogen-bond acceptors (Lipinski definition) is 3. The molecule has 2 amide bonds. The van der Waals surface area contributed by atoms with Crippen LogP contribution in [0.5, 0.6) is 0 Å². The van der Waals surface area contributed by atoms with Gasteiger partial charge in [0, 0.05) is 37.1 Å². The van der Waals surface area contributed by atoms with Crippen molar-refractivity contribution in [1.82, 2.24) is 15.1 Å². The lowest BCUT2D eigenvalue weighted by molar-refractivity contribution is -0.142. The second-order valence-corrected chi connectivity index (χ2v) is 7.99. The molecule has 0 radical (unpaired) electrons. The molecule has 122 valence electrons. The maximum absolute atomic E-state index is 12.2. The summed E-state index contributed by atoms with van der Waals surface area (Å²) in [5, 5.41) is 3.01. The lowest BCUT2D eigenvalue weighted by Gasteiger charge is -2.40. The molecule has 0 aliphatic carbocycles. The molecule has 1 rings (SSSR count). The Morgan fingerprint density at radius 1 is 0.952 bits per heavy atom. The Balaban J connectivity index is 2.53. The molecule has 1 saturated heterocycles. The Morgan fingerprint density at radius 2 is 1.43 bits per heavy atom. The van der Waals surface area contributed by atoms with Gasteiger partial charge in [-0.05, 0) is 27.7 Å². The standard InChI is InChI=1S/C16H31N3O2/c1-12(13(20)17-16(5,6)7)18-8-10-19(11-9-18)14(21)15(2,3)4/h12H,8-11H2,1-7H3,(H,17,20). The highest BCUT2D eigenvalue weighted by Crippen LogP contribution is 2.19. The van der Waals surface area contributed by atoms with E-state index in [1.807, 2.05) is 53.4 Å². The van der Waals surface area contributed by atoms with E-state index in [9.17, 15) is 9.59 Å². The molecule has 1 aliphatic rings. The summed E-state index contributed by atoms with van der Waals surface area (Å²) < 4.78 is 0. The Bertz CT molecular complexity index is 385. The molecule has 0 aromatic carbocycles. The van der Waals surface area contributed by atoms with Crippen LogP contribution >= 0.6 is 0 Å². The smallest absolute Gasteiger partial charge is 0.237 e. The largest absolute Gasteiger partial charge is 0.350 e. The van der Waals surface area contributed by atoms with E-state index in [0.29, 0.717) is 13.1 Å². The molecule has 5 heteroatoms. The molecule has 0 aromatic heterocycles. The fourth-order valence-electron chi connectivity index (χ4n) is 2.43. The second kappa shape index (κ2) is 6.34. The van der Waals surface area contributed by atoms with Gasteiger partial charge in [-0.25, -0.2) is 0 Å². The number of piperazine rings is 1. The van der Waals surface area contributed by atoms with Crippen LogP contribution in [-0.2, 0) is 9.59 Å². The molecule has 5 nitrogen and oxygen atoms in total. The molecule has 21 heavy (non-hydrogen) atoms. The van der Waals surface area contributed by atoms with Crippen LogP contribution in [0.3, 0.4) is 0 Å². The number of amides is 2. The summed E-state index contributed by atoms with van der Waals surface area (Å²) in [6.07, 6.45) is 0. The van der Waals surface area contributed by atoms with Crippen LogP contribution in [0, 0.1) is 5.41 Å². The van der Waals surface area contributed by atoms with Crippen molar-refractivity contribution in [3.05, 3.63) is 0 Å². The van der Waals surface area contributed by atoms with Gasteiger partial charge in [-0.2, -0.15) is 0 Å². The van der Waals surface area contributed by atoms with Crippen molar-refractivity contribution in [2.75, 3.05) is 26.2 Å².